The van der Waals surface area contributed by atoms with E-state index in [1.807, 2.05) is 50.2 Å². The lowest BCUT2D eigenvalue weighted by Gasteiger charge is -2.22. The molecule has 1 unspecified atom stereocenters. The van der Waals surface area contributed by atoms with Crippen LogP contribution in [0.4, 0.5) is 10.5 Å². The number of nitrogens with zero attached hydrogens (tertiary/aromatic N) is 3. The lowest BCUT2D eigenvalue weighted by atomic mass is 10.1. The van der Waals surface area contributed by atoms with Gasteiger partial charge < -0.3 is 19.5 Å². The molecule has 2 aromatic carbocycles. The van der Waals surface area contributed by atoms with Crippen LogP contribution in [0.3, 0.4) is 0 Å². The zero-order valence-corrected chi connectivity index (χ0v) is 16.8. The van der Waals surface area contributed by atoms with Gasteiger partial charge in [0.05, 0.1) is 7.11 Å². The zero-order chi connectivity index (χ0) is 20.4. The molecule has 1 aliphatic heterocycles. The highest BCUT2D eigenvalue weighted by Crippen LogP contribution is 2.33. The van der Waals surface area contributed by atoms with E-state index in [9.17, 15) is 4.79 Å². The minimum Gasteiger partial charge on any atom is -0.497 e. The van der Waals surface area contributed by atoms with Crippen LogP contribution in [-0.2, 0) is 0 Å². The minimum absolute atomic E-state index is 0.149. The molecule has 1 atom stereocenters. The first kappa shape index (κ1) is 19.0. The highest BCUT2D eigenvalue weighted by Gasteiger charge is 2.34. The van der Waals surface area contributed by atoms with Crippen molar-refractivity contribution in [2.75, 3.05) is 19.0 Å². The molecule has 1 fully saturated rings. The number of rotatable bonds is 4. The van der Waals surface area contributed by atoms with Crippen molar-refractivity contribution in [3.63, 3.8) is 0 Å². The highest BCUT2D eigenvalue weighted by atomic mass is 16.5. The van der Waals surface area contributed by atoms with Crippen LogP contribution >= 0.6 is 0 Å². The lowest BCUT2D eigenvalue weighted by Crippen LogP contribution is -2.34. The van der Waals surface area contributed by atoms with Gasteiger partial charge in [0.15, 0.2) is 0 Å². The molecule has 0 saturated carbocycles. The van der Waals surface area contributed by atoms with Crippen LogP contribution in [0.25, 0.3) is 11.4 Å². The van der Waals surface area contributed by atoms with E-state index in [0.717, 1.165) is 41.0 Å². The predicted molar refractivity (Wildman–Crippen MR) is 110 cm³/mol. The van der Waals surface area contributed by atoms with Crippen LogP contribution < -0.4 is 10.1 Å². The number of likely N-dealkylation sites (tertiary alicyclic amines) is 1. The summed E-state index contributed by atoms with van der Waals surface area (Å²) >= 11 is 0. The van der Waals surface area contributed by atoms with Crippen molar-refractivity contribution in [2.24, 2.45) is 0 Å². The highest BCUT2D eigenvalue weighted by molar-refractivity contribution is 5.90. The normalized spacial score (nSPS) is 16.1. The molecule has 0 radical (unpaired) electrons. The molecule has 1 aromatic heterocycles. The molecule has 0 bridgehead atoms. The molecule has 1 saturated heterocycles. The van der Waals surface area contributed by atoms with Gasteiger partial charge in [-0.15, -0.1) is 0 Å². The third-order valence-electron chi connectivity index (χ3n) is 5.21. The zero-order valence-electron chi connectivity index (χ0n) is 16.8. The van der Waals surface area contributed by atoms with Gasteiger partial charge >= 0.3 is 6.03 Å². The third-order valence-corrected chi connectivity index (χ3v) is 5.21. The molecule has 29 heavy (non-hydrogen) atoms. The molecular formula is C22H24N4O3. The number of benzene rings is 2. The molecule has 150 valence electrons. The van der Waals surface area contributed by atoms with E-state index < -0.39 is 0 Å². The number of anilines is 1. The van der Waals surface area contributed by atoms with Crippen molar-refractivity contribution < 1.29 is 14.1 Å². The Labute approximate surface area is 169 Å². The number of amides is 2. The van der Waals surface area contributed by atoms with Crippen molar-refractivity contribution in [1.29, 1.82) is 0 Å². The maximum absolute atomic E-state index is 12.9. The summed E-state index contributed by atoms with van der Waals surface area (Å²) in [6.07, 6.45) is 1.69. The summed E-state index contributed by atoms with van der Waals surface area (Å²) in [5.41, 5.74) is 3.85. The van der Waals surface area contributed by atoms with Crippen LogP contribution in [-0.4, -0.2) is 34.7 Å². The van der Waals surface area contributed by atoms with Crippen LogP contribution in [0.1, 0.15) is 35.9 Å². The largest absolute Gasteiger partial charge is 0.497 e. The molecule has 7 heteroatoms. The van der Waals surface area contributed by atoms with E-state index in [1.165, 1.54) is 0 Å². The van der Waals surface area contributed by atoms with Gasteiger partial charge in [0.25, 0.3) is 0 Å². The number of aryl methyl sites for hydroxylation is 2. The summed E-state index contributed by atoms with van der Waals surface area (Å²) in [6.45, 7) is 4.68. The topological polar surface area (TPSA) is 80.5 Å². The fraction of sp³-hybridized carbons (Fsp3) is 0.318. The Balaban J connectivity index is 1.50. The predicted octanol–water partition coefficient (Wildman–Crippen LogP) is 4.73. The molecule has 7 nitrogen and oxygen atoms in total. The summed E-state index contributed by atoms with van der Waals surface area (Å²) in [5, 5.41) is 7.12. The number of ether oxygens (including phenoxy) is 1. The SMILES string of the molecule is COc1ccc(-c2noc(C3CCCN3C(=O)Nc3ccc(C)cc3C)n2)cc1. The first-order valence-electron chi connectivity index (χ1n) is 9.68. The fourth-order valence-electron chi connectivity index (χ4n) is 3.64. The maximum Gasteiger partial charge on any atom is 0.322 e. The molecule has 1 N–H and O–H groups in total. The molecule has 2 amide bonds. The Bertz CT molecular complexity index is 1010. The average molecular weight is 392 g/mol. The van der Waals surface area contributed by atoms with Crippen molar-refractivity contribution in [1.82, 2.24) is 15.0 Å². The van der Waals surface area contributed by atoms with Gasteiger partial charge in [-0.3, -0.25) is 0 Å². The molecule has 4 rings (SSSR count). The van der Waals surface area contributed by atoms with Crippen molar-refractivity contribution in [3.05, 3.63) is 59.5 Å². The summed E-state index contributed by atoms with van der Waals surface area (Å²) in [4.78, 5) is 19.2. The van der Waals surface area contributed by atoms with Gasteiger partial charge in [-0.05, 0) is 62.6 Å². The second kappa shape index (κ2) is 7.95. The van der Waals surface area contributed by atoms with Crippen molar-refractivity contribution in [3.8, 4) is 17.1 Å². The number of aromatic nitrogens is 2. The van der Waals surface area contributed by atoms with E-state index >= 15 is 0 Å². The van der Waals surface area contributed by atoms with Crippen LogP contribution in [0.5, 0.6) is 5.75 Å². The second-order valence-corrected chi connectivity index (χ2v) is 7.28. The number of carbonyl (C=O) groups is 1. The quantitative estimate of drug-likeness (QED) is 0.694. The van der Waals surface area contributed by atoms with E-state index in [2.05, 4.69) is 21.5 Å². The van der Waals surface area contributed by atoms with Crippen LogP contribution in [0.2, 0.25) is 0 Å². The summed E-state index contributed by atoms with van der Waals surface area (Å²) < 4.78 is 10.7. The molecule has 3 aromatic rings. The van der Waals surface area contributed by atoms with Gasteiger partial charge in [-0.2, -0.15) is 4.98 Å². The van der Waals surface area contributed by atoms with Crippen molar-refractivity contribution in [2.45, 2.75) is 32.7 Å². The lowest BCUT2D eigenvalue weighted by molar-refractivity contribution is 0.193. The molecule has 2 heterocycles. The number of methoxy groups -OCH3 is 1. The Hall–Kier alpha value is -3.35. The van der Waals surface area contributed by atoms with Crippen molar-refractivity contribution >= 4 is 11.7 Å². The fourth-order valence-corrected chi connectivity index (χ4v) is 3.64. The molecular weight excluding hydrogens is 368 g/mol. The second-order valence-electron chi connectivity index (χ2n) is 7.28. The average Bonchev–Trinajstić information content (AvgIpc) is 3.39. The Morgan fingerprint density at radius 2 is 2.00 bits per heavy atom. The van der Waals surface area contributed by atoms with Crippen LogP contribution in [0, 0.1) is 13.8 Å². The molecule has 0 aliphatic carbocycles. The molecule has 1 aliphatic rings. The summed E-state index contributed by atoms with van der Waals surface area (Å²) in [5.74, 6) is 1.73. The minimum atomic E-state index is -0.222. The number of hydrogen-bond donors (Lipinski definition) is 1. The van der Waals surface area contributed by atoms with E-state index in [4.69, 9.17) is 9.26 Å². The Morgan fingerprint density at radius 1 is 1.21 bits per heavy atom. The van der Waals surface area contributed by atoms with Gasteiger partial charge in [0, 0.05) is 17.8 Å². The van der Waals surface area contributed by atoms with Gasteiger partial charge in [0.2, 0.25) is 11.7 Å². The number of nitrogens with one attached hydrogen (secondary N) is 1. The Kier molecular flexibility index (Phi) is 5.20. The van der Waals surface area contributed by atoms with Gasteiger partial charge in [-0.25, -0.2) is 4.79 Å². The summed E-state index contributed by atoms with van der Waals surface area (Å²) in [7, 11) is 1.62. The number of urea groups is 1. The van der Waals surface area contributed by atoms with E-state index in [0.29, 0.717) is 18.3 Å². The monoisotopic (exact) mass is 392 g/mol. The standard InChI is InChI=1S/C22H24N4O3/c1-14-6-11-18(15(2)13-14)23-22(27)26-12-4-5-19(26)21-24-20(25-29-21)16-7-9-17(28-3)10-8-16/h6-11,13,19H,4-5,12H2,1-3H3,(H,23,27). The molecule has 0 spiro atoms. The van der Waals surface area contributed by atoms with Gasteiger partial charge in [0.1, 0.15) is 11.8 Å². The smallest absolute Gasteiger partial charge is 0.322 e. The number of hydrogen-bond acceptors (Lipinski definition) is 5. The van der Waals surface area contributed by atoms with Crippen LogP contribution in [0.15, 0.2) is 47.0 Å². The maximum atomic E-state index is 12.9. The van der Waals surface area contributed by atoms with E-state index in [-0.39, 0.29) is 12.1 Å². The van der Waals surface area contributed by atoms with Gasteiger partial charge in [-0.1, -0.05) is 22.9 Å². The Morgan fingerprint density at radius 3 is 2.72 bits per heavy atom. The number of carbonyl (C=O) groups excluding carboxylic acids is 1. The summed E-state index contributed by atoms with van der Waals surface area (Å²) in [6, 6.07) is 13.1. The first-order chi connectivity index (χ1) is 14.0. The first-order valence-corrected chi connectivity index (χ1v) is 9.68. The third kappa shape index (κ3) is 3.94. The van der Waals surface area contributed by atoms with E-state index in [1.54, 1.807) is 12.0 Å².